The molecule has 118 valence electrons. The van der Waals surface area contributed by atoms with Crippen LogP contribution < -0.4 is 5.32 Å². The Morgan fingerprint density at radius 3 is 2.86 bits per heavy atom. The fraction of sp³-hybridized carbons (Fsp3) is 0.500. The Hall–Kier alpha value is -1.38. The molecule has 0 aromatic heterocycles. The molecule has 2 nitrogen and oxygen atoms in total. The van der Waals surface area contributed by atoms with Crippen LogP contribution in [0.15, 0.2) is 42.5 Å². The Morgan fingerprint density at radius 1 is 1.18 bits per heavy atom. The van der Waals surface area contributed by atoms with E-state index in [1.54, 1.807) is 0 Å². The van der Waals surface area contributed by atoms with Gasteiger partial charge in [-0.05, 0) is 28.7 Å². The van der Waals surface area contributed by atoms with E-state index >= 15 is 0 Å². The lowest BCUT2D eigenvalue weighted by molar-refractivity contribution is 0.118. The molecule has 1 aliphatic rings. The summed E-state index contributed by atoms with van der Waals surface area (Å²) < 4.78 is 0. The molecular formula is C20H28N2. The number of hydrogen-bond donors (Lipinski definition) is 1. The van der Waals surface area contributed by atoms with Gasteiger partial charge in [0.15, 0.2) is 0 Å². The van der Waals surface area contributed by atoms with Crippen molar-refractivity contribution in [2.75, 3.05) is 26.2 Å². The van der Waals surface area contributed by atoms with Gasteiger partial charge in [-0.15, -0.1) is 0 Å². The molecule has 2 aromatic rings. The number of hydrogen-bond acceptors (Lipinski definition) is 2. The molecule has 0 spiro atoms. The standard InChI is InChI=1S/C20H28N2/c1-3-16(2)20-15-21-12-14-22(20)13-11-18-9-6-8-17-7-4-5-10-19(17)18/h4-10,16,20-21H,3,11-15H2,1-2H3/t16?,20-/m1/s1. The SMILES string of the molecule is CCC(C)[C@H]1CNCCN1CCc1cccc2ccccc12. The second-order valence-electron chi connectivity index (χ2n) is 6.58. The van der Waals surface area contributed by atoms with Crippen molar-refractivity contribution in [2.24, 2.45) is 5.92 Å². The first kappa shape index (κ1) is 15.5. The van der Waals surface area contributed by atoms with E-state index in [1.165, 1.54) is 35.8 Å². The Bertz CT molecular complexity index is 602. The van der Waals surface area contributed by atoms with Crippen molar-refractivity contribution >= 4 is 10.8 Å². The average Bonchev–Trinajstić information content (AvgIpc) is 2.59. The molecule has 2 heteroatoms. The van der Waals surface area contributed by atoms with Gasteiger partial charge in [0, 0.05) is 32.2 Å². The first-order valence-electron chi connectivity index (χ1n) is 8.71. The van der Waals surface area contributed by atoms with Gasteiger partial charge in [-0.25, -0.2) is 0 Å². The molecular weight excluding hydrogens is 268 g/mol. The summed E-state index contributed by atoms with van der Waals surface area (Å²) in [6, 6.07) is 16.1. The van der Waals surface area contributed by atoms with E-state index in [0.717, 1.165) is 25.4 Å². The Balaban J connectivity index is 1.72. The molecule has 1 N–H and O–H groups in total. The summed E-state index contributed by atoms with van der Waals surface area (Å²) in [5.74, 6) is 0.764. The molecule has 0 amide bonds. The first-order valence-corrected chi connectivity index (χ1v) is 8.71. The molecule has 1 unspecified atom stereocenters. The van der Waals surface area contributed by atoms with Crippen molar-refractivity contribution in [1.29, 1.82) is 0 Å². The fourth-order valence-electron chi connectivity index (χ4n) is 3.65. The molecule has 1 saturated heterocycles. The van der Waals surface area contributed by atoms with Crippen molar-refractivity contribution in [3.63, 3.8) is 0 Å². The third-order valence-corrected chi connectivity index (χ3v) is 5.25. The zero-order chi connectivity index (χ0) is 15.4. The highest BCUT2D eigenvalue weighted by atomic mass is 15.2. The highest BCUT2D eigenvalue weighted by molar-refractivity contribution is 5.85. The quantitative estimate of drug-likeness (QED) is 0.905. The second-order valence-corrected chi connectivity index (χ2v) is 6.58. The number of piperazine rings is 1. The fourth-order valence-corrected chi connectivity index (χ4v) is 3.65. The molecule has 0 radical (unpaired) electrons. The lowest BCUT2D eigenvalue weighted by Gasteiger charge is -2.39. The van der Waals surface area contributed by atoms with Gasteiger partial charge >= 0.3 is 0 Å². The van der Waals surface area contributed by atoms with Crippen molar-refractivity contribution < 1.29 is 0 Å². The predicted molar refractivity (Wildman–Crippen MR) is 95.3 cm³/mol. The zero-order valence-electron chi connectivity index (χ0n) is 13.9. The Kier molecular flexibility index (Phi) is 5.12. The molecule has 0 aliphatic carbocycles. The minimum absolute atomic E-state index is 0.689. The largest absolute Gasteiger partial charge is 0.314 e. The normalized spacial score (nSPS) is 21.1. The number of rotatable bonds is 5. The number of nitrogens with one attached hydrogen (secondary N) is 1. The van der Waals surface area contributed by atoms with Crippen LogP contribution in [0.3, 0.4) is 0 Å². The third kappa shape index (κ3) is 3.34. The maximum Gasteiger partial charge on any atom is 0.0246 e. The van der Waals surface area contributed by atoms with E-state index in [4.69, 9.17) is 0 Å². The summed E-state index contributed by atoms with van der Waals surface area (Å²) in [5.41, 5.74) is 1.49. The van der Waals surface area contributed by atoms with Crippen LogP contribution in [0, 0.1) is 5.92 Å². The van der Waals surface area contributed by atoms with Crippen molar-refractivity contribution in [1.82, 2.24) is 10.2 Å². The maximum absolute atomic E-state index is 3.57. The van der Waals surface area contributed by atoms with Gasteiger partial charge in [0.25, 0.3) is 0 Å². The smallest absolute Gasteiger partial charge is 0.0246 e. The minimum Gasteiger partial charge on any atom is -0.314 e. The molecule has 0 saturated carbocycles. The van der Waals surface area contributed by atoms with Crippen LogP contribution >= 0.6 is 0 Å². The zero-order valence-corrected chi connectivity index (χ0v) is 13.9. The lowest BCUT2D eigenvalue weighted by Crippen LogP contribution is -2.54. The Labute approximate surface area is 134 Å². The number of fused-ring (bicyclic) bond motifs is 1. The van der Waals surface area contributed by atoms with E-state index in [0.29, 0.717) is 6.04 Å². The second kappa shape index (κ2) is 7.26. The van der Waals surface area contributed by atoms with Gasteiger partial charge in [-0.3, -0.25) is 4.90 Å². The van der Waals surface area contributed by atoms with Crippen molar-refractivity contribution in [2.45, 2.75) is 32.7 Å². The van der Waals surface area contributed by atoms with Gasteiger partial charge < -0.3 is 5.32 Å². The lowest BCUT2D eigenvalue weighted by atomic mass is 9.95. The molecule has 1 aliphatic heterocycles. The molecule has 1 heterocycles. The van der Waals surface area contributed by atoms with Crippen LogP contribution in [0.2, 0.25) is 0 Å². The summed E-state index contributed by atoms with van der Waals surface area (Å²) in [6.45, 7) is 9.32. The summed E-state index contributed by atoms with van der Waals surface area (Å²) in [7, 11) is 0. The molecule has 1 fully saturated rings. The van der Waals surface area contributed by atoms with Gasteiger partial charge in [0.1, 0.15) is 0 Å². The van der Waals surface area contributed by atoms with E-state index in [-0.39, 0.29) is 0 Å². The van der Waals surface area contributed by atoms with Crippen molar-refractivity contribution in [3.05, 3.63) is 48.0 Å². The molecule has 2 atom stereocenters. The van der Waals surface area contributed by atoms with Gasteiger partial charge in [0.2, 0.25) is 0 Å². The molecule has 3 rings (SSSR count). The number of nitrogens with zero attached hydrogens (tertiary/aromatic N) is 1. The van der Waals surface area contributed by atoms with Crippen LogP contribution in [0.4, 0.5) is 0 Å². The molecule has 2 aromatic carbocycles. The van der Waals surface area contributed by atoms with E-state index in [2.05, 4.69) is 66.5 Å². The predicted octanol–water partition coefficient (Wildman–Crippen LogP) is 3.70. The summed E-state index contributed by atoms with van der Waals surface area (Å²) >= 11 is 0. The van der Waals surface area contributed by atoms with E-state index in [1.807, 2.05) is 0 Å². The van der Waals surface area contributed by atoms with Crippen LogP contribution in [-0.2, 0) is 6.42 Å². The van der Waals surface area contributed by atoms with Crippen LogP contribution in [0.1, 0.15) is 25.8 Å². The van der Waals surface area contributed by atoms with Crippen LogP contribution in [-0.4, -0.2) is 37.1 Å². The average molecular weight is 296 g/mol. The highest BCUT2D eigenvalue weighted by Gasteiger charge is 2.25. The Morgan fingerprint density at radius 2 is 2.00 bits per heavy atom. The van der Waals surface area contributed by atoms with Gasteiger partial charge in [0.05, 0.1) is 0 Å². The highest BCUT2D eigenvalue weighted by Crippen LogP contribution is 2.21. The van der Waals surface area contributed by atoms with E-state index < -0.39 is 0 Å². The minimum atomic E-state index is 0.689. The topological polar surface area (TPSA) is 15.3 Å². The summed E-state index contributed by atoms with van der Waals surface area (Å²) in [6.07, 6.45) is 2.41. The third-order valence-electron chi connectivity index (χ3n) is 5.25. The summed E-state index contributed by atoms with van der Waals surface area (Å²) in [4.78, 5) is 2.70. The monoisotopic (exact) mass is 296 g/mol. The summed E-state index contributed by atoms with van der Waals surface area (Å²) in [5, 5.41) is 6.34. The van der Waals surface area contributed by atoms with Crippen LogP contribution in [0.5, 0.6) is 0 Å². The molecule has 22 heavy (non-hydrogen) atoms. The van der Waals surface area contributed by atoms with Crippen LogP contribution in [0.25, 0.3) is 10.8 Å². The van der Waals surface area contributed by atoms with E-state index in [9.17, 15) is 0 Å². The maximum atomic E-state index is 3.57. The van der Waals surface area contributed by atoms with Crippen molar-refractivity contribution in [3.8, 4) is 0 Å². The first-order chi connectivity index (χ1) is 10.8. The molecule has 0 bridgehead atoms. The number of benzene rings is 2. The van der Waals surface area contributed by atoms with Gasteiger partial charge in [-0.2, -0.15) is 0 Å². The van der Waals surface area contributed by atoms with Gasteiger partial charge in [-0.1, -0.05) is 62.7 Å².